The van der Waals surface area contributed by atoms with Crippen LogP contribution in [0.15, 0.2) is 24.3 Å². The van der Waals surface area contributed by atoms with Gasteiger partial charge in [-0.2, -0.15) is 10.5 Å². The number of anilines is 1. The maximum absolute atomic E-state index is 11.5. The van der Waals surface area contributed by atoms with Gasteiger partial charge in [-0.1, -0.05) is 12.1 Å². The molecule has 0 amide bonds. The number of carbonyl (C=O) groups is 1. The summed E-state index contributed by atoms with van der Waals surface area (Å²) in [4.78, 5) is 14.2. The summed E-state index contributed by atoms with van der Waals surface area (Å²) in [5.74, 6) is 0. The second-order valence-corrected chi connectivity index (χ2v) is 6.47. The van der Waals surface area contributed by atoms with Crippen LogP contribution >= 0.6 is 11.3 Å². The van der Waals surface area contributed by atoms with E-state index in [1.807, 2.05) is 12.1 Å². The summed E-state index contributed by atoms with van der Waals surface area (Å²) in [6, 6.07) is 11.6. The van der Waals surface area contributed by atoms with E-state index in [9.17, 15) is 10.1 Å². The van der Waals surface area contributed by atoms with Crippen molar-refractivity contribution >= 4 is 22.6 Å². The van der Waals surface area contributed by atoms with Crippen LogP contribution in [-0.2, 0) is 11.2 Å². The molecule has 1 aromatic carbocycles. The summed E-state index contributed by atoms with van der Waals surface area (Å²) in [7, 11) is 0. The first kappa shape index (κ1) is 16.2. The third-order valence-corrected chi connectivity index (χ3v) is 5.22. The number of hydrogen-bond donors (Lipinski definition) is 0. The Bertz CT molecular complexity index is 822. The molecule has 1 aromatic heterocycles. The molecule has 1 aliphatic rings. The van der Waals surface area contributed by atoms with E-state index < -0.39 is 0 Å². The van der Waals surface area contributed by atoms with E-state index in [4.69, 9.17) is 10.00 Å². The molecule has 1 aliphatic heterocycles. The molecule has 1 saturated heterocycles. The third-order valence-electron chi connectivity index (χ3n) is 4.00. The van der Waals surface area contributed by atoms with Gasteiger partial charge in [0.1, 0.15) is 11.1 Å². The quantitative estimate of drug-likeness (QED) is 0.802. The Hall–Kier alpha value is -2.67. The highest BCUT2D eigenvalue weighted by Crippen LogP contribution is 2.36. The molecule has 0 aliphatic carbocycles. The second kappa shape index (κ2) is 7.27. The van der Waals surface area contributed by atoms with Gasteiger partial charge in [-0.3, -0.25) is 4.79 Å². The number of benzene rings is 1. The number of aldehydes is 1. The smallest absolute Gasteiger partial charge is 0.160 e. The number of carbonyl (C=O) groups excluding carboxylic acids is 1. The van der Waals surface area contributed by atoms with Crippen LogP contribution in [0.3, 0.4) is 0 Å². The molecule has 2 aromatic rings. The maximum Gasteiger partial charge on any atom is 0.160 e. The Morgan fingerprint density at radius 1 is 1.17 bits per heavy atom. The molecular weight excluding hydrogens is 322 g/mol. The van der Waals surface area contributed by atoms with Crippen molar-refractivity contribution in [1.29, 1.82) is 10.5 Å². The molecule has 0 atom stereocenters. The van der Waals surface area contributed by atoms with Crippen LogP contribution in [0.4, 0.5) is 5.00 Å². The van der Waals surface area contributed by atoms with Crippen molar-refractivity contribution in [2.45, 2.75) is 6.42 Å². The van der Waals surface area contributed by atoms with E-state index in [0.717, 1.165) is 35.5 Å². The number of rotatable bonds is 4. The molecule has 1 fully saturated rings. The van der Waals surface area contributed by atoms with E-state index in [0.29, 0.717) is 35.6 Å². The fourth-order valence-electron chi connectivity index (χ4n) is 2.75. The molecule has 2 heterocycles. The highest BCUT2D eigenvalue weighted by Gasteiger charge is 2.23. The molecular formula is C18H15N3O2S. The minimum Gasteiger partial charge on any atom is -0.378 e. The van der Waals surface area contributed by atoms with Crippen LogP contribution in [0.1, 0.15) is 31.9 Å². The topological polar surface area (TPSA) is 77.1 Å². The Morgan fingerprint density at radius 2 is 1.88 bits per heavy atom. The predicted octanol–water partition coefficient (Wildman–Crippen LogP) is 2.73. The Balaban J connectivity index is 1.96. The molecule has 0 radical (unpaired) electrons. The van der Waals surface area contributed by atoms with E-state index in [-0.39, 0.29) is 0 Å². The molecule has 0 bridgehead atoms. The van der Waals surface area contributed by atoms with Crippen molar-refractivity contribution in [2.75, 3.05) is 31.2 Å². The van der Waals surface area contributed by atoms with Gasteiger partial charge in [0, 0.05) is 19.5 Å². The first-order chi connectivity index (χ1) is 11.8. The third kappa shape index (κ3) is 3.16. The zero-order chi connectivity index (χ0) is 16.9. The van der Waals surface area contributed by atoms with Crippen molar-refractivity contribution in [3.63, 3.8) is 0 Å². The summed E-state index contributed by atoms with van der Waals surface area (Å²) in [6.07, 6.45) is 1.33. The van der Waals surface area contributed by atoms with Gasteiger partial charge in [-0.15, -0.1) is 11.3 Å². The molecule has 3 rings (SSSR count). The minimum atomic E-state index is 0.503. The number of ether oxygens (including phenoxy) is 1. The van der Waals surface area contributed by atoms with Crippen molar-refractivity contribution in [3.8, 4) is 12.1 Å². The summed E-state index contributed by atoms with van der Waals surface area (Å²) in [6.45, 7) is 2.71. The highest BCUT2D eigenvalue weighted by atomic mass is 32.1. The number of morpholine rings is 1. The molecule has 0 spiro atoms. The zero-order valence-electron chi connectivity index (χ0n) is 13.0. The van der Waals surface area contributed by atoms with Crippen LogP contribution in [-0.4, -0.2) is 32.6 Å². The van der Waals surface area contributed by atoms with Gasteiger partial charge >= 0.3 is 0 Å². The van der Waals surface area contributed by atoms with Crippen LogP contribution in [0.5, 0.6) is 0 Å². The molecule has 0 N–H and O–H groups in total. The van der Waals surface area contributed by atoms with Gasteiger partial charge in [0.2, 0.25) is 0 Å². The number of nitrogens with zero attached hydrogens (tertiary/aromatic N) is 3. The fraction of sp³-hybridized carbons (Fsp3) is 0.278. The summed E-state index contributed by atoms with van der Waals surface area (Å²) >= 11 is 1.37. The van der Waals surface area contributed by atoms with Crippen LogP contribution in [0.25, 0.3) is 0 Å². The normalized spacial score (nSPS) is 14.0. The zero-order valence-corrected chi connectivity index (χ0v) is 13.8. The van der Waals surface area contributed by atoms with E-state index in [1.165, 1.54) is 11.3 Å². The van der Waals surface area contributed by atoms with Gasteiger partial charge in [0.25, 0.3) is 0 Å². The number of thiophene rings is 1. The molecule has 24 heavy (non-hydrogen) atoms. The van der Waals surface area contributed by atoms with E-state index in [1.54, 1.807) is 12.1 Å². The lowest BCUT2D eigenvalue weighted by atomic mass is 10.0. The minimum absolute atomic E-state index is 0.503. The van der Waals surface area contributed by atoms with Crippen molar-refractivity contribution in [3.05, 3.63) is 51.4 Å². The Labute approximate surface area is 144 Å². The lowest BCUT2D eigenvalue weighted by molar-refractivity contribution is 0.112. The standard InChI is InChI=1S/C18H15N3O2S/c19-10-14-3-1-13(2-4-14)9-15-16(11-20)18(24-17(15)12-22)21-5-7-23-8-6-21/h1-4,12H,5-9H2. The first-order valence-electron chi connectivity index (χ1n) is 7.59. The van der Waals surface area contributed by atoms with Crippen LogP contribution in [0.2, 0.25) is 0 Å². The average Bonchev–Trinajstić information content (AvgIpc) is 3.00. The summed E-state index contributed by atoms with van der Waals surface area (Å²) in [5, 5.41) is 19.4. The Kier molecular flexibility index (Phi) is 4.90. The second-order valence-electron chi connectivity index (χ2n) is 5.44. The first-order valence-corrected chi connectivity index (χ1v) is 8.41. The molecule has 5 nitrogen and oxygen atoms in total. The molecule has 0 saturated carbocycles. The number of nitriles is 2. The van der Waals surface area contributed by atoms with Crippen molar-refractivity contribution < 1.29 is 9.53 Å². The van der Waals surface area contributed by atoms with E-state index in [2.05, 4.69) is 17.0 Å². The van der Waals surface area contributed by atoms with Crippen molar-refractivity contribution in [2.24, 2.45) is 0 Å². The predicted molar refractivity (Wildman–Crippen MR) is 91.4 cm³/mol. The fourth-order valence-corrected chi connectivity index (χ4v) is 3.88. The van der Waals surface area contributed by atoms with Gasteiger partial charge in [-0.05, 0) is 23.3 Å². The van der Waals surface area contributed by atoms with E-state index >= 15 is 0 Å². The largest absolute Gasteiger partial charge is 0.378 e. The van der Waals surface area contributed by atoms with Gasteiger partial charge in [-0.25, -0.2) is 0 Å². The lowest BCUT2D eigenvalue weighted by Gasteiger charge is -2.27. The monoisotopic (exact) mass is 337 g/mol. The van der Waals surface area contributed by atoms with Gasteiger partial charge < -0.3 is 9.64 Å². The highest BCUT2D eigenvalue weighted by molar-refractivity contribution is 7.18. The van der Waals surface area contributed by atoms with Crippen LogP contribution in [0, 0.1) is 22.7 Å². The molecule has 0 unspecified atom stereocenters. The lowest BCUT2D eigenvalue weighted by Crippen LogP contribution is -2.36. The summed E-state index contributed by atoms with van der Waals surface area (Å²) in [5.41, 5.74) is 2.91. The van der Waals surface area contributed by atoms with Crippen molar-refractivity contribution in [1.82, 2.24) is 0 Å². The molecule has 120 valence electrons. The van der Waals surface area contributed by atoms with Crippen LogP contribution < -0.4 is 4.90 Å². The average molecular weight is 337 g/mol. The Morgan fingerprint density at radius 3 is 2.46 bits per heavy atom. The van der Waals surface area contributed by atoms with Gasteiger partial charge in [0.05, 0.1) is 35.3 Å². The SMILES string of the molecule is N#Cc1ccc(Cc2c(C=O)sc(N3CCOCC3)c2C#N)cc1. The van der Waals surface area contributed by atoms with Gasteiger partial charge in [0.15, 0.2) is 6.29 Å². The summed E-state index contributed by atoms with van der Waals surface area (Å²) < 4.78 is 5.36. The maximum atomic E-state index is 11.5. The number of hydrogen-bond acceptors (Lipinski definition) is 6. The molecule has 6 heteroatoms.